The molecule has 12 heteroatoms. The Labute approximate surface area is 206 Å². The Morgan fingerprint density at radius 1 is 1.24 bits per heavy atom. The van der Waals surface area contributed by atoms with Gasteiger partial charge in [-0.05, 0) is 55.3 Å². The maximum Gasteiger partial charge on any atom is 0.417 e. The van der Waals surface area contributed by atoms with Crippen molar-refractivity contribution in [3.8, 4) is 5.75 Å². The lowest BCUT2D eigenvalue weighted by Gasteiger charge is -2.25. The van der Waals surface area contributed by atoms with Crippen LogP contribution in [0.15, 0.2) is 46.2 Å². The number of thioether (sulfide) groups is 1. The summed E-state index contributed by atoms with van der Waals surface area (Å²) >= 11 is 7.14. The standard InChI is InChI=1S/C22H25ClF3NO5S2/c1-4-9-27(34(30,31)17-6-7-18(19(23)11-17)22(24,25)26)12-15(3)33-16-5-8-20(14(2)10-16)32-13-21(28)29/h5-8,10-11,15H,4,9,12-13H2,1-3H3,(H,28,29). The maximum atomic E-state index is 13.2. The highest BCUT2D eigenvalue weighted by Gasteiger charge is 2.34. The summed E-state index contributed by atoms with van der Waals surface area (Å²) < 4.78 is 71.7. The molecule has 2 aromatic rings. The lowest BCUT2D eigenvalue weighted by molar-refractivity contribution is -0.139. The lowest BCUT2D eigenvalue weighted by Crippen LogP contribution is -2.36. The molecule has 0 aliphatic heterocycles. The van der Waals surface area contributed by atoms with Gasteiger partial charge in [-0.25, -0.2) is 13.2 Å². The van der Waals surface area contributed by atoms with Crippen LogP contribution in [-0.2, 0) is 21.0 Å². The van der Waals surface area contributed by atoms with E-state index in [1.165, 1.54) is 16.1 Å². The minimum absolute atomic E-state index is 0.121. The van der Waals surface area contributed by atoms with Crippen LogP contribution in [0.25, 0.3) is 0 Å². The van der Waals surface area contributed by atoms with Crippen molar-refractivity contribution in [3.63, 3.8) is 0 Å². The van der Waals surface area contributed by atoms with E-state index in [-0.39, 0.29) is 23.2 Å². The number of hydrogen-bond donors (Lipinski definition) is 1. The van der Waals surface area contributed by atoms with Gasteiger partial charge in [0.15, 0.2) is 6.61 Å². The van der Waals surface area contributed by atoms with Crippen molar-refractivity contribution < 1.29 is 36.2 Å². The topological polar surface area (TPSA) is 83.9 Å². The Morgan fingerprint density at radius 3 is 2.44 bits per heavy atom. The normalized spacial score (nSPS) is 13.2. The third kappa shape index (κ3) is 7.53. The summed E-state index contributed by atoms with van der Waals surface area (Å²) in [6, 6.07) is 7.64. The van der Waals surface area contributed by atoms with E-state index in [1.807, 2.05) is 13.0 Å². The highest BCUT2D eigenvalue weighted by atomic mass is 35.5. The van der Waals surface area contributed by atoms with Crippen molar-refractivity contribution >= 4 is 39.4 Å². The van der Waals surface area contributed by atoms with E-state index in [4.69, 9.17) is 21.4 Å². The van der Waals surface area contributed by atoms with Crippen molar-refractivity contribution in [1.82, 2.24) is 4.31 Å². The second kappa shape index (κ2) is 11.7. The summed E-state index contributed by atoms with van der Waals surface area (Å²) in [4.78, 5) is 11.2. The molecule has 0 saturated carbocycles. The number of hydrogen-bond acceptors (Lipinski definition) is 5. The average molecular weight is 540 g/mol. The van der Waals surface area contributed by atoms with Gasteiger partial charge in [0.1, 0.15) is 5.75 Å². The zero-order valence-corrected chi connectivity index (χ0v) is 21.1. The SMILES string of the molecule is CCCN(CC(C)Sc1ccc(OCC(=O)O)c(C)c1)S(=O)(=O)c1ccc(C(F)(F)F)c(Cl)c1. The summed E-state index contributed by atoms with van der Waals surface area (Å²) in [5.41, 5.74) is -0.360. The second-order valence-electron chi connectivity index (χ2n) is 7.54. The summed E-state index contributed by atoms with van der Waals surface area (Å²) in [5.74, 6) is -0.646. The molecule has 1 N–H and O–H groups in total. The number of alkyl halides is 3. The van der Waals surface area contributed by atoms with Gasteiger partial charge in [0, 0.05) is 23.2 Å². The first-order valence-corrected chi connectivity index (χ1v) is 12.9. The monoisotopic (exact) mass is 539 g/mol. The molecule has 0 spiro atoms. The minimum atomic E-state index is -4.68. The largest absolute Gasteiger partial charge is 0.482 e. The molecule has 0 amide bonds. The van der Waals surface area contributed by atoms with Crippen LogP contribution >= 0.6 is 23.4 Å². The quantitative estimate of drug-likeness (QED) is 0.368. The first-order chi connectivity index (χ1) is 15.8. The molecule has 0 bridgehead atoms. The van der Waals surface area contributed by atoms with Gasteiger partial charge >= 0.3 is 12.1 Å². The predicted octanol–water partition coefficient (Wildman–Crippen LogP) is 5.71. The number of rotatable bonds is 11. The minimum Gasteiger partial charge on any atom is -0.482 e. The number of benzene rings is 2. The van der Waals surface area contributed by atoms with E-state index in [0.29, 0.717) is 18.2 Å². The van der Waals surface area contributed by atoms with Crippen molar-refractivity contribution in [1.29, 1.82) is 0 Å². The lowest BCUT2D eigenvalue weighted by atomic mass is 10.2. The number of aryl methyl sites for hydroxylation is 1. The van der Waals surface area contributed by atoms with Crippen LogP contribution in [0.5, 0.6) is 5.75 Å². The Morgan fingerprint density at radius 2 is 1.91 bits per heavy atom. The zero-order chi connectivity index (χ0) is 25.7. The molecule has 6 nitrogen and oxygen atoms in total. The van der Waals surface area contributed by atoms with E-state index in [0.717, 1.165) is 22.6 Å². The van der Waals surface area contributed by atoms with Gasteiger partial charge in [0.25, 0.3) is 0 Å². The number of halogens is 4. The van der Waals surface area contributed by atoms with Gasteiger partial charge in [-0.2, -0.15) is 17.5 Å². The van der Waals surface area contributed by atoms with Gasteiger partial charge in [0.05, 0.1) is 15.5 Å². The average Bonchev–Trinajstić information content (AvgIpc) is 2.71. The van der Waals surface area contributed by atoms with E-state index in [2.05, 4.69) is 0 Å². The number of ether oxygens (including phenoxy) is 1. The van der Waals surface area contributed by atoms with Crippen LogP contribution < -0.4 is 4.74 Å². The summed E-state index contributed by atoms with van der Waals surface area (Å²) in [6.45, 7) is 5.27. The fraction of sp³-hybridized carbons (Fsp3) is 0.409. The van der Waals surface area contributed by atoms with Gasteiger partial charge in [-0.1, -0.05) is 25.4 Å². The molecule has 0 aromatic heterocycles. The highest BCUT2D eigenvalue weighted by Crippen LogP contribution is 2.36. The fourth-order valence-corrected chi connectivity index (χ4v) is 6.35. The summed E-state index contributed by atoms with van der Waals surface area (Å²) in [7, 11) is -4.07. The molecule has 0 fully saturated rings. The van der Waals surface area contributed by atoms with Crippen LogP contribution in [0.3, 0.4) is 0 Å². The molecule has 0 heterocycles. The van der Waals surface area contributed by atoms with Crippen LogP contribution in [0, 0.1) is 6.92 Å². The summed E-state index contributed by atoms with van der Waals surface area (Å²) in [6.07, 6.45) is -4.17. The number of carboxylic acids is 1. The molecule has 2 aromatic carbocycles. The molecule has 2 rings (SSSR count). The molecule has 0 saturated heterocycles. The van der Waals surface area contributed by atoms with Gasteiger partial charge in [0.2, 0.25) is 10.0 Å². The van der Waals surface area contributed by atoms with Crippen molar-refractivity contribution in [2.75, 3.05) is 19.7 Å². The third-order valence-electron chi connectivity index (χ3n) is 4.65. The van der Waals surface area contributed by atoms with E-state index < -0.39 is 39.4 Å². The number of carboxylic acid groups (broad SMARTS) is 1. The Bertz CT molecular complexity index is 1130. The van der Waals surface area contributed by atoms with E-state index >= 15 is 0 Å². The molecule has 0 aliphatic rings. The number of nitrogens with zero attached hydrogens (tertiary/aromatic N) is 1. The molecule has 1 atom stereocenters. The van der Waals surface area contributed by atoms with Crippen molar-refractivity contribution in [3.05, 3.63) is 52.5 Å². The number of sulfonamides is 1. The molecule has 34 heavy (non-hydrogen) atoms. The van der Waals surface area contributed by atoms with Crippen LogP contribution in [-0.4, -0.2) is 48.7 Å². The van der Waals surface area contributed by atoms with Crippen molar-refractivity contribution in [2.45, 2.75) is 48.4 Å². The molecule has 188 valence electrons. The van der Waals surface area contributed by atoms with E-state index in [1.54, 1.807) is 26.0 Å². The molecule has 0 radical (unpaired) electrons. The number of aliphatic carboxylic acids is 1. The van der Waals surface area contributed by atoms with E-state index in [9.17, 15) is 26.4 Å². The molecule has 1 unspecified atom stereocenters. The highest BCUT2D eigenvalue weighted by molar-refractivity contribution is 8.00. The first kappa shape index (κ1) is 28.3. The first-order valence-electron chi connectivity index (χ1n) is 10.2. The van der Waals surface area contributed by atoms with Crippen LogP contribution in [0.2, 0.25) is 5.02 Å². The van der Waals surface area contributed by atoms with Crippen molar-refractivity contribution in [2.24, 2.45) is 0 Å². The zero-order valence-electron chi connectivity index (χ0n) is 18.7. The summed E-state index contributed by atoms with van der Waals surface area (Å²) in [5, 5.41) is 7.87. The predicted molar refractivity (Wildman–Crippen MR) is 125 cm³/mol. The maximum absolute atomic E-state index is 13.2. The Kier molecular flexibility index (Phi) is 9.70. The van der Waals surface area contributed by atoms with Crippen LogP contribution in [0.4, 0.5) is 13.2 Å². The van der Waals surface area contributed by atoms with Gasteiger partial charge in [-0.15, -0.1) is 11.8 Å². The fourth-order valence-electron chi connectivity index (χ4n) is 3.15. The second-order valence-corrected chi connectivity index (χ2v) is 11.4. The molecular weight excluding hydrogens is 515 g/mol. The third-order valence-corrected chi connectivity index (χ3v) is 7.90. The molecular formula is C22H25ClF3NO5S2. The number of carbonyl (C=O) groups is 1. The van der Waals surface area contributed by atoms with Crippen LogP contribution in [0.1, 0.15) is 31.4 Å². The Balaban J connectivity index is 2.18. The smallest absolute Gasteiger partial charge is 0.417 e. The van der Waals surface area contributed by atoms with Gasteiger partial charge < -0.3 is 9.84 Å². The Hall–Kier alpha value is -1.95. The van der Waals surface area contributed by atoms with Gasteiger partial charge in [-0.3, -0.25) is 0 Å². The molecule has 0 aliphatic carbocycles.